The van der Waals surface area contributed by atoms with E-state index in [1.807, 2.05) is 12.1 Å². The molecule has 6 nitrogen and oxygen atoms in total. The first-order valence-electron chi connectivity index (χ1n) is 8.46. The molecule has 0 radical (unpaired) electrons. The second-order valence-corrected chi connectivity index (χ2v) is 6.54. The molecule has 130 valence electrons. The lowest BCUT2D eigenvalue weighted by Gasteiger charge is -2.40. The summed E-state index contributed by atoms with van der Waals surface area (Å²) in [7, 11) is 0. The number of aromatic nitrogens is 4. The third-order valence-corrected chi connectivity index (χ3v) is 4.77. The average molecular weight is 341 g/mol. The highest BCUT2D eigenvalue weighted by atomic mass is 19.1. The summed E-state index contributed by atoms with van der Waals surface area (Å²) < 4.78 is 21.6. The number of benzene rings is 1. The fourth-order valence-electron chi connectivity index (χ4n) is 3.10. The minimum atomic E-state index is -0.339. The van der Waals surface area contributed by atoms with Gasteiger partial charge in [0, 0.05) is 13.1 Å². The van der Waals surface area contributed by atoms with Crippen LogP contribution in [-0.2, 0) is 4.74 Å². The molecular weight excluding hydrogens is 321 g/mol. The predicted octanol–water partition coefficient (Wildman–Crippen LogP) is 2.94. The van der Waals surface area contributed by atoms with Crippen molar-refractivity contribution in [3.63, 3.8) is 0 Å². The Hall–Kier alpha value is -2.54. The van der Waals surface area contributed by atoms with Crippen molar-refractivity contribution in [2.75, 3.05) is 24.6 Å². The molecule has 1 fully saturated rings. The Bertz CT molecular complexity index is 911. The standard InChI is InChI=1S/C18H20FN5O/c1-3-18(2)12-23(10-11-25-18)16-9-8-15-20-21-17(24(15)22-16)13-6-4-5-7-14(13)19/h4-9H,3,10-12H2,1-2H3. The molecule has 1 aromatic carbocycles. The zero-order valence-electron chi connectivity index (χ0n) is 14.3. The zero-order chi connectivity index (χ0) is 17.4. The highest BCUT2D eigenvalue weighted by molar-refractivity contribution is 5.60. The zero-order valence-corrected chi connectivity index (χ0v) is 14.3. The maximum atomic E-state index is 14.1. The van der Waals surface area contributed by atoms with Gasteiger partial charge in [0.25, 0.3) is 0 Å². The number of nitrogens with zero attached hydrogens (tertiary/aromatic N) is 5. The Morgan fingerprint density at radius 3 is 2.84 bits per heavy atom. The van der Waals surface area contributed by atoms with E-state index < -0.39 is 0 Å². The Morgan fingerprint density at radius 1 is 1.20 bits per heavy atom. The Balaban J connectivity index is 1.75. The smallest absolute Gasteiger partial charge is 0.188 e. The van der Waals surface area contributed by atoms with E-state index in [0.717, 1.165) is 25.3 Å². The second kappa shape index (κ2) is 6.07. The summed E-state index contributed by atoms with van der Waals surface area (Å²) in [6, 6.07) is 10.3. The van der Waals surface area contributed by atoms with Gasteiger partial charge in [-0.05, 0) is 37.6 Å². The molecule has 0 N–H and O–H groups in total. The Labute approximate surface area is 145 Å². The summed E-state index contributed by atoms with van der Waals surface area (Å²) in [5, 5.41) is 12.9. The summed E-state index contributed by atoms with van der Waals surface area (Å²) in [6.07, 6.45) is 0.929. The highest BCUT2D eigenvalue weighted by Gasteiger charge is 2.31. The summed E-state index contributed by atoms with van der Waals surface area (Å²) in [6.45, 7) is 6.42. The van der Waals surface area contributed by atoms with Gasteiger partial charge in [-0.3, -0.25) is 0 Å². The van der Waals surface area contributed by atoms with Crippen LogP contribution < -0.4 is 4.90 Å². The van der Waals surface area contributed by atoms with Crippen molar-refractivity contribution < 1.29 is 9.13 Å². The van der Waals surface area contributed by atoms with E-state index in [1.165, 1.54) is 6.07 Å². The van der Waals surface area contributed by atoms with E-state index in [9.17, 15) is 4.39 Å². The van der Waals surface area contributed by atoms with Crippen molar-refractivity contribution in [3.05, 3.63) is 42.2 Å². The number of ether oxygens (including phenoxy) is 1. The molecular formula is C18H20FN5O. The number of hydrogen-bond donors (Lipinski definition) is 0. The molecule has 1 unspecified atom stereocenters. The lowest BCUT2D eigenvalue weighted by molar-refractivity contribution is -0.0443. The van der Waals surface area contributed by atoms with Gasteiger partial charge in [-0.2, -0.15) is 4.52 Å². The van der Waals surface area contributed by atoms with Crippen molar-refractivity contribution in [1.29, 1.82) is 0 Å². The van der Waals surface area contributed by atoms with Crippen LogP contribution in [0.2, 0.25) is 0 Å². The van der Waals surface area contributed by atoms with Gasteiger partial charge in [0.2, 0.25) is 0 Å². The van der Waals surface area contributed by atoms with Crippen LogP contribution in [0.1, 0.15) is 20.3 Å². The van der Waals surface area contributed by atoms with Gasteiger partial charge in [-0.15, -0.1) is 15.3 Å². The lowest BCUT2D eigenvalue weighted by atomic mass is 10.0. The van der Waals surface area contributed by atoms with Crippen LogP contribution in [-0.4, -0.2) is 45.1 Å². The molecule has 3 aromatic rings. The third kappa shape index (κ3) is 2.84. The van der Waals surface area contributed by atoms with Crippen molar-refractivity contribution in [1.82, 2.24) is 19.8 Å². The van der Waals surface area contributed by atoms with Crippen molar-refractivity contribution in [3.8, 4) is 11.4 Å². The number of halogens is 1. The van der Waals surface area contributed by atoms with Crippen molar-refractivity contribution >= 4 is 11.5 Å². The molecule has 2 aromatic heterocycles. The van der Waals surface area contributed by atoms with Gasteiger partial charge in [0.05, 0.1) is 17.8 Å². The number of fused-ring (bicyclic) bond motifs is 1. The van der Waals surface area contributed by atoms with E-state index in [2.05, 4.69) is 34.0 Å². The molecule has 0 spiro atoms. The van der Waals surface area contributed by atoms with Gasteiger partial charge in [-0.1, -0.05) is 19.1 Å². The maximum absolute atomic E-state index is 14.1. The normalized spacial score (nSPS) is 21.0. The van der Waals surface area contributed by atoms with Crippen molar-refractivity contribution in [2.45, 2.75) is 25.9 Å². The molecule has 0 bridgehead atoms. The molecule has 7 heteroatoms. The van der Waals surface area contributed by atoms with Crippen LogP contribution in [0, 0.1) is 5.82 Å². The molecule has 0 aliphatic carbocycles. The first-order valence-corrected chi connectivity index (χ1v) is 8.46. The van der Waals surface area contributed by atoms with E-state index in [4.69, 9.17) is 4.74 Å². The molecule has 4 rings (SSSR count). The first-order chi connectivity index (χ1) is 12.1. The van der Waals surface area contributed by atoms with Crippen LogP contribution in [0.4, 0.5) is 10.2 Å². The van der Waals surface area contributed by atoms with Crippen molar-refractivity contribution in [2.24, 2.45) is 0 Å². The van der Waals surface area contributed by atoms with Crippen LogP contribution in [0.15, 0.2) is 36.4 Å². The third-order valence-electron chi connectivity index (χ3n) is 4.77. The molecule has 1 saturated heterocycles. The summed E-state index contributed by atoms with van der Waals surface area (Å²) >= 11 is 0. The van der Waals surface area contributed by atoms with E-state index in [1.54, 1.807) is 22.7 Å². The Morgan fingerprint density at radius 2 is 2.04 bits per heavy atom. The average Bonchev–Trinajstić information content (AvgIpc) is 3.05. The molecule has 0 saturated carbocycles. The fraction of sp³-hybridized carbons (Fsp3) is 0.389. The van der Waals surface area contributed by atoms with Crippen LogP contribution in [0.3, 0.4) is 0 Å². The summed E-state index contributed by atoms with van der Waals surface area (Å²) in [5.41, 5.74) is 0.796. The minimum Gasteiger partial charge on any atom is -0.372 e. The van der Waals surface area contributed by atoms with E-state index in [0.29, 0.717) is 23.6 Å². The lowest BCUT2D eigenvalue weighted by Crippen LogP contribution is -2.50. The van der Waals surface area contributed by atoms with Gasteiger partial charge in [0.15, 0.2) is 11.5 Å². The number of anilines is 1. The summed E-state index contributed by atoms with van der Waals surface area (Å²) in [4.78, 5) is 2.19. The van der Waals surface area contributed by atoms with Gasteiger partial charge in [0.1, 0.15) is 11.6 Å². The van der Waals surface area contributed by atoms with Crippen LogP contribution in [0.5, 0.6) is 0 Å². The molecule has 25 heavy (non-hydrogen) atoms. The summed E-state index contributed by atoms with van der Waals surface area (Å²) in [5.74, 6) is 0.878. The van der Waals surface area contributed by atoms with Gasteiger partial charge in [-0.25, -0.2) is 4.39 Å². The molecule has 1 aliphatic rings. The molecule has 1 aliphatic heterocycles. The number of morpholine rings is 1. The largest absolute Gasteiger partial charge is 0.372 e. The van der Waals surface area contributed by atoms with Crippen LogP contribution in [0.25, 0.3) is 17.0 Å². The first kappa shape index (κ1) is 16.0. The molecule has 3 heterocycles. The number of rotatable bonds is 3. The minimum absolute atomic E-state index is 0.184. The van der Waals surface area contributed by atoms with Crippen LogP contribution >= 0.6 is 0 Å². The fourth-order valence-corrected chi connectivity index (χ4v) is 3.10. The molecule has 1 atom stereocenters. The number of hydrogen-bond acceptors (Lipinski definition) is 5. The quantitative estimate of drug-likeness (QED) is 0.733. The van der Waals surface area contributed by atoms with Gasteiger partial charge < -0.3 is 9.64 Å². The highest BCUT2D eigenvalue weighted by Crippen LogP contribution is 2.26. The topological polar surface area (TPSA) is 55.6 Å². The molecule has 0 amide bonds. The predicted molar refractivity (Wildman–Crippen MR) is 93.0 cm³/mol. The van der Waals surface area contributed by atoms with E-state index in [-0.39, 0.29) is 11.4 Å². The van der Waals surface area contributed by atoms with Gasteiger partial charge >= 0.3 is 0 Å². The second-order valence-electron chi connectivity index (χ2n) is 6.54. The monoisotopic (exact) mass is 341 g/mol. The maximum Gasteiger partial charge on any atom is 0.188 e. The Kier molecular flexibility index (Phi) is 3.88. The SMILES string of the molecule is CCC1(C)CN(c2ccc3nnc(-c4ccccc4F)n3n2)CCO1. The van der Waals surface area contributed by atoms with E-state index >= 15 is 0 Å².